The Morgan fingerprint density at radius 3 is 2.50 bits per heavy atom. The molecule has 2 amide bonds. The van der Waals surface area contributed by atoms with Gasteiger partial charge in [-0.3, -0.25) is 14.5 Å². The molecule has 11 heteroatoms. The van der Waals surface area contributed by atoms with Gasteiger partial charge in [0.2, 0.25) is 27.8 Å². The quantitative estimate of drug-likeness (QED) is 0.601. The molecule has 0 aliphatic carbocycles. The second kappa shape index (κ2) is 8.93. The Bertz CT molecular complexity index is 822. The van der Waals surface area contributed by atoms with Gasteiger partial charge in [-0.2, -0.15) is 0 Å². The summed E-state index contributed by atoms with van der Waals surface area (Å²) in [6.45, 7) is 4.30. The van der Waals surface area contributed by atoms with E-state index in [-0.39, 0.29) is 43.5 Å². The van der Waals surface area contributed by atoms with E-state index >= 15 is 0 Å². The monoisotopic (exact) mass is 411 g/mol. The van der Waals surface area contributed by atoms with Gasteiger partial charge in [-0.15, -0.1) is 0 Å². The summed E-state index contributed by atoms with van der Waals surface area (Å²) in [5, 5.41) is 0. The van der Waals surface area contributed by atoms with E-state index in [0.717, 1.165) is 10.6 Å². The molecule has 1 N–H and O–H groups in total. The average Bonchev–Trinajstić information content (AvgIpc) is 2.66. The second-order valence-electron chi connectivity index (χ2n) is 6.83. The molecule has 2 saturated heterocycles. The van der Waals surface area contributed by atoms with Gasteiger partial charge in [0.15, 0.2) is 0 Å². The maximum Gasteiger partial charge on any atom is 0.229 e. The number of carbonyl (C=O) groups excluding carboxylic acids is 2. The van der Waals surface area contributed by atoms with Gasteiger partial charge < -0.3 is 9.64 Å². The van der Waals surface area contributed by atoms with Gasteiger partial charge in [0.05, 0.1) is 31.2 Å². The normalized spacial score (nSPS) is 18.6. The molecule has 2 fully saturated rings. The Balaban J connectivity index is 1.58. The van der Waals surface area contributed by atoms with Crippen LogP contribution in [0.15, 0.2) is 6.07 Å². The Morgan fingerprint density at radius 2 is 1.82 bits per heavy atom. The molecule has 1 aromatic rings. The third kappa shape index (κ3) is 5.46. The molecule has 0 bridgehead atoms. The van der Waals surface area contributed by atoms with Gasteiger partial charge in [0.1, 0.15) is 0 Å². The summed E-state index contributed by atoms with van der Waals surface area (Å²) in [5.74, 6) is -0.395. The fourth-order valence-electron chi connectivity index (χ4n) is 3.13. The summed E-state index contributed by atoms with van der Waals surface area (Å²) in [7, 11) is -3.67. The van der Waals surface area contributed by atoms with Crippen LogP contribution in [0.2, 0.25) is 0 Å². The number of aryl methyl sites for hydroxylation is 1. The van der Waals surface area contributed by atoms with E-state index in [4.69, 9.17) is 4.74 Å². The molecule has 3 heterocycles. The van der Waals surface area contributed by atoms with Crippen LogP contribution >= 0.6 is 0 Å². The highest BCUT2D eigenvalue weighted by Crippen LogP contribution is 2.13. The Morgan fingerprint density at radius 1 is 1.14 bits per heavy atom. The lowest BCUT2D eigenvalue weighted by Gasteiger charge is -2.27. The number of anilines is 1. The number of nitrogens with one attached hydrogen (secondary N) is 1. The Kier molecular flexibility index (Phi) is 6.57. The van der Waals surface area contributed by atoms with Crippen molar-refractivity contribution in [1.29, 1.82) is 0 Å². The van der Waals surface area contributed by atoms with Gasteiger partial charge in [-0.05, 0) is 19.4 Å². The van der Waals surface area contributed by atoms with Gasteiger partial charge in [-0.1, -0.05) is 0 Å². The molecule has 0 atom stereocenters. The zero-order valence-electron chi connectivity index (χ0n) is 15.9. The molecule has 0 saturated carbocycles. The molecule has 2 aliphatic rings. The average molecular weight is 411 g/mol. The number of morpholine rings is 1. The summed E-state index contributed by atoms with van der Waals surface area (Å²) in [4.78, 5) is 35.5. The number of likely N-dealkylation sites (tertiary alicyclic amines) is 1. The van der Waals surface area contributed by atoms with Crippen LogP contribution < -0.4 is 9.62 Å². The number of ether oxygens (including phenoxy) is 1. The molecular formula is C17H25N5O5S. The highest BCUT2D eigenvalue weighted by atomic mass is 32.2. The van der Waals surface area contributed by atoms with E-state index in [0.29, 0.717) is 44.4 Å². The fraction of sp³-hybridized carbons (Fsp3) is 0.647. The van der Waals surface area contributed by atoms with Crippen LogP contribution in [0.25, 0.3) is 0 Å². The third-order valence-corrected chi connectivity index (χ3v) is 5.93. The highest BCUT2D eigenvalue weighted by molar-refractivity contribution is 7.89. The van der Waals surface area contributed by atoms with E-state index in [1.807, 2.05) is 11.8 Å². The number of hydrogen-bond acceptors (Lipinski definition) is 8. The van der Waals surface area contributed by atoms with Crippen molar-refractivity contribution in [3.63, 3.8) is 0 Å². The topological polar surface area (TPSA) is 122 Å². The van der Waals surface area contributed by atoms with Crippen molar-refractivity contribution < 1.29 is 22.7 Å². The summed E-state index contributed by atoms with van der Waals surface area (Å²) < 4.78 is 32.4. The maximum absolute atomic E-state index is 12.3. The van der Waals surface area contributed by atoms with E-state index in [1.165, 1.54) is 0 Å². The first-order valence-electron chi connectivity index (χ1n) is 9.32. The first-order chi connectivity index (χ1) is 13.3. The predicted octanol–water partition coefficient (Wildman–Crippen LogP) is -0.420. The second-order valence-corrected chi connectivity index (χ2v) is 8.76. The van der Waals surface area contributed by atoms with E-state index in [1.54, 1.807) is 6.07 Å². The lowest BCUT2D eigenvalue weighted by Crippen LogP contribution is -2.44. The molecular weight excluding hydrogens is 386 g/mol. The van der Waals surface area contributed by atoms with Crippen molar-refractivity contribution in [2.45, 2.75) is 32.7 Å². The van der Waals surface area contributed by atoms with Crippen LogP contribution in [0, 0.1) is 6.92 Å². The van der Waals surface area contributed by atoms with Gasteiger partial charge in [0.25, 0.3) is 0 Å². The Hall–Kier alpha value is -2.11. The van der Waals surface area contributed by atoms with Crippen LogP contribution in [0.1, 0.15) is 30.7 Å². The number of piperidine rings is 1. The minimum Gasteiger partial charge on any atom is -0.378 e. The largest absolute Gasteiger partial charge is 0.378 e. The van der Waals surface area contributed by atoms with Crippen molar-refractivity contribution in [3.05, 3.63) is 17.5 Å². The number of hydrogen-bond donors (Lipinski definition) is 1. The van der Waals surface area contributed by atoms with Gasteiger partial charge >= 0.3 is 0 Å². The number of rotatable bonds is 7. The van der Waals surface area contributed by atoms with Crippen molar-refractivity contribution in [2.75, 3.05) is 43.5 Å². The van der Waals surface area contributed by atoms with Crippen molar-refractivity contribution in [1.82, 2.24) is 19.6 Å². The van der Waals surface area contributed by atoms with Crippen molar-refractivity contribution >= 4 is 27.8 Å². The Labute approximate surface area is 164 Å². The molecule has 0 radical (unpaired) electrons. The van der Waals surface area contributed by atoms with E-state index in [2.05, 4.69) is 14.7 Å². The van der Waals surface area contributed by atoms with Gasteiger partial charge in [-0.25, -0.2) is 23.1 Å². The van der Waals surface area contributed by atoms with Crippen molar-refractivity contribution in [2.24, 2.45) is 0 Å². The summed E-state index contributed by atoms with van der Waals surface area (Å²) >= 11 is 0. The maximum atomic E-state index is 12.3. The number of carbonyl (C=O) groups is 2. The lowest BCUT2D eigenvalue weighted by atomic mass is 10.1. The van der Waals surface area contributed by atoms with E-state index in [9.17, 15) is 18.0 Å². The van der Waals surface area contributed by atoms with Gasteiger partial charge in [0, 0.05) is 38.2 Å². The minimum atomic E-state index is -3.67. The van der Waals surface area contributed by atoms with Crippen LogP contribution in [-0.2, 0) is 30.9 Å². The molecule has 28 heavy (non-hydrogen) atoms. The summed E-state index contributed by atoms with van der Waals surface area (Å²) in [6.07, 6.45) is 1.09. The molecule has 154 valence electrons. The number of sulfonamides is 1. The van der Waals surface area contributed by atoms with Crippen LogP contribution in [-0.4, -0.2) is 73.7 Å². The summed E-state index contributed by atoms with van der Waals surface area (Å²) in [5.41, 5.74) is 1.30. The molecule has 0 unspecified atom stereocenters. The SMILES string of the molecule is Cc1cc(CNS(=O)(=O)CCN2C(=O)CCCC2=O)nc(N2CCOCC2)n1. The molecule has 1 aromatic heterocycles. The zero-order chi connectivity index (χ0) is 20.1. The van der Waals surface area contributed by atoms with Crippen LogP contribution in [0.4, 0.5) is 5.95 Å². The molecule has 2 aliphatic heterocycles. The van der Waals surface area contributed by atoms with E-state index < -0.39 is 10.0 Å². The number of imide groups is 1. The van der Waals surface area contributed by atoms with Crippen LogP contribution in [0.5, 0.6) is 0 Å². The first kappa shape index (κ1) is 20.6. The highest BCUT2D eigenvalue weighted by Gasteiger charge is 2.27. The smallest absolute Gasteiger partial charge is 0.229 e. The number of aromatic nitrogens is 2. The minimum absolute atomic E-state index is 0.0188. The predicted molar refractivity (Wildman–Crippen MR) is 101 cm³/mol. The molecule has 0 spiro atoms. The standard InChI is InChI=1S/C17H25N5O5S/c1-13-11-14(20-17(19-13)21-5-8-27-9-6-21)12-18-28(25,26)10-7-22-15(23)3-2-4-16(22)24/h11,18H,2-10,12H2,1H3. The first-order valence-corrected chi connectivity index (χ1v) is 11.0. The van der Waals surface area contributed by atoms with Crippen molar-refractivity contribution in [3.8, 4) is 0 Å². The molecule has 3 rings (SSSR count). The molecule has 0 aromatic carbocycles. The number of amides is 2. The van der Waals surface area contributed by atoms with Crippen LogP contribution in [0.3, 0.4) is 0 Å². The number of nitrogens with zero attached hydrogens (tertiary/aromatic N) is 4. The fourth-order valence-corrected chi connectivity index (χ4v) is 4.06. The lowest BCUT2D eigenvalue weighted by molar-refractivity contribution is -0.147. The molecule has 10 nitrogen and oxygen atoms in total. The summed E-state index contributed by atoms with van der Waals surface area (Å²) in [6, 6.07) is 1.73. The third-order valence-electron chi connectivity index (χ3n) is 4.63. The zero-order valence-corrected chi connectivity index (χ0v) is 16.7.